The van der Waals surface area contributed by atoms with E-state index in [9.17, 15) is 0 Å². The van der Waals surface area contributed by atoms with Crippen LogP contribution in [0, 0.1) is 0 Å². The Labute approximate surface area is 132 Å². The summed E-state index contributed by atoms with van der Waals surface area (Å²) >= 11 is 6.19. The Morgan fingerprint density at radius 3 is 2.64 bits per heavy atom. The number of nitrogens with zero attached hydrogens (tertiary/aromatic N) is 4. The standard InChI is InChI=1S/C17H11ClN4/c18-16-15-10-13(7-6-12(15)8-9-19-16)17-20-11-21-22(17)14-4-2-1-3-5-14/h1-11H. The Balaban J connectivity index is 1.90. The Hall–Kier alpha value is -2.72. The van der Waals surface area contributed by atoms with Gasteiger partial charge >= 0.3 is 0 Å². The summed E-state index contributed by atoms with van der Waals surface area (Å²) in [6.45, 7) is 0. The van der Waals surface area contributed by atoms with Crippen LogP contribution >= 0.6 is 11.6 Å². The summed E-state index contributed by atoms with van der Waals surface area (Å²) in [4.78, 5) is 8.52. The van der Waals surface area contributed by atoms with E-state index in [-0.39, 0.29) is 0 Å². The number of hydrogen-bond donors (Lipinski definition) is 0. The van der Waals surface area contributed by atoms with Crippen molar-refractivity contribution in [3.63, 3.8) is 0 Å². The van der Waals surface area contributed by atoms with E-state index in [2.05, 4.69) is 15.1 Å². The molecule has 0 bridgehead atoms. The number of aromatic nitrogens is 4. The van der Waals surface area contributed by atoms with E-state index in [1.165, 1.54) is 0 Å². The van der Waals surface area contributed by atoms with Crippen molar-refractivity contribution in [1.82, 2.24) is 19.7 Å². The van der Waals surface area contributed by atoms with Gasteiger partial charge in [0.05, 0.1) is 5.69 Å². The van der Waals surface area contributed by atoms with Gasteiger partial charge in [-0.25, -0.2) is 14.6 Å². The van der Waals surface area contributed by atoms with Gasteiger partial charge in [0.2, 0.25) is 0 Å². The van der Waals surface area contributed by atoms with Gasteiger partial charge in [-0.15, -0.1) is 0 Å². The van der Waals surface area contributed by atoms with E-state index in [1.807, 2.05) is 59.3 Å². The highest BCUT2D eigenvalue weighted by Crippen LogP contribution is 2.27. The van der Waals surface area contributed by atoms with Crippen LogP contribution in [0.2, 0.25) is 5.15 Å². The quantitative estimate of drug-likeness (QED) is 0.523. The van der Waals surface area contributed by atoms with Crippen LogP contribution in [0.5, 0.6) is 0 Å². The summed E-state index contributed by atoms with van der Waals surface area (Å²) in [6, 6.07) is 17.9. The maximum absolute atomic E-state index is 6.19. The van der Waals surface area contributed by atoms with Gasteiger partial charge in [-0.1, -0.05) is 41.9 Å². The zero-order chi connectivity index (χ0) is 14.9. The van der Waals surface area contributed by atoms with E-state index < -0.39 is 0 Å². The monoisotopic (exact) mass is 306 g/mol. The van der Waals surface area contributed by atoms with Crippen molar-refractivity contribution < 1.29 is 0 Å². The Morgan fingerprint density at radius 2 is 1.77 bits per heavy atom. The van der Waals surface area contributed by atoms with Gasteiger partial charge in [0, 0.05) is 17.1 Å². The molecule has 0 N–H and O–H groups in total. The topological polar surface area (TPSA) is 43.6 Å². The van der Waals surface area contributed by atoms with Crippen molar-refractivity contribution in [2.45, 2.75) is 0 Å². The average molecular weight is 307 g/mol. The van der Waals surface area contributed by atoms with E-state index in [1.54, 1.807) is 12.5 Å². The number of benzene rings is 2. The minimum absolute atomic E-state index is 0.491. The van der Waals surface area contributed by atoms with E-state index in [4.69, 9.17) is 11.6 Å². The molecule has 2 aromatic carbocycles. The first-order chi connectivity index (χ1) is 10.8. The molecule has 22 heavy (non-hydrogen) atoms. The van der Waals surface area contributed by atoms with Crippen LogP contribution < -0.4 is 0 Å². The Kier molecular flexibility index (Phi) is 3.09. The third-order valence-electron chi connectivity index (χ3n) is 3.52. The number of fused-ring (bicyclic) bond motifs is 1. The van der Waals surface area contributed by atoms with Gasteiger partial charge < -0.3 is 0 Å². The summed E-state index contributed by atoms with van der Waals surface area (Å²) in [6.07, 6.45) is 3.26. The molecule has 4 nitrogen and oxygen atoms in total. The number of hydrogen-bond acceptors (Lipinski definition) is 3. The predicted molar refractivity (Wildman–Crippen MR) is 87.1 cm³/mol. The molecule has 0 unspecified atom stereocenters. The van der Waals surface area contributed by atoms with Crippen molar-refractivity contribution in [3.05, 3.63) is 72.3 Å². The van der Waals surface area contributed by atoms with Crippen LogP contribution in [-0.2, 0) is 0 Å². The number of para-hydroxylation sites is 1. The fourth-order valence-electron chi connectivity index (χ4n) is 2.47. The first-order valence-corrected chi connectivity index (χ1v) is 7.21. The lowest BCUT2D eigenvalue weighted by Gasteiger charge is -2.07. The number of halogens is 1. The molecule has 0 amide bonds. The van der Waals surface area contributed by atoms with Crippen molar-refractivity contribution in [1.29, 1.82) is 0 Å². The molecular weight excluding hydrogens is 296 g/mol. The predicted octanol–water partition coefficient (Wildman–Crippen LogP) is 4.14. The molecule has 5 heteroatoms. The van der Waals surface area contributed by atoms with E-state index >= 15 is 0 Å². The lowest BCUT2D eigenvalue weighted by atomic mass is 10.1. The molecule has 0 radical (unpaired) electrons. The highest BCUT2D eigenvalue weighted by Gasteiger charge is 2.10. The zero-order valence-corrected chi connectivity index (χ0v) is 12.3. The van der Waals surface area contributed by atoms with Gasteiger partial charge in [-0.05, 0) is 29.7 Å². The SMILES string of the molecule is Clc1nccc2ccc(-c3ncnn3-c3ccccc3)cc12. The summed E-state index contributed by atoms with van der Waals surface area (Å²) in [5.41, 5.74) is 1.91. The lowest BCUT2D eigenvalue weighted by molar-refractivity contribution is 0.887. The molecule has 0 aliphatic heterocycles. The second-order valence-electron chi connectivity index (χ2n) is 4.87. The largest absolute Gasteiger partial charge is 0.244 e. The summed E-state index contributed by atoms with van der Waals surface area (Å²) in [7, 11) is 0. The zero-order valence-electron chi connectivity index (χ0n) is 11.5. The number of rotatable bonds is 2. The molecule has 106 valence electrons. The molecular formula is C17H11ClN4. The van der Waals surface area contributed by atoms with Crippen LogP contribution in [-0.4, -0.2) is 19.7 Å². The van der Waals surface area contributed by atoms with Gasteiger partial charge in [-0.3, -0.25) is 0 Å². The smallest absolute Gasteiger partial charge is 0.163 e. The Bertz CT molecular complexity index is 947. The van der Waals surface area contributed by atoms with E-state index in [0.717, 1.165) is 27.8 Å². The number of pyridine rings is 1. The Morgan fingerprint density at radius 1 is 0.909 bits per heavy atom. The van der Waals surface area contributed by atoms with Gasteiger partial charge in [-0.2, -0.15) is 5.10 Å². The lowest BCUT2D eigenvalue weighted by Crippen LogP contribution is -1.99. The second-order valence-corrected chi connectivity index (χ2v) is 5.23. The fourth-order valence-corrected chi connectivity index (χ4v) is 2.69. The van der Waals surface area contributed by atoms with Gasteiger partial charge in [0.15, 0.2) is 5.82 Å². The second kappa shape index (κ2) is 5.24. The van der Waals surface area contributed by atoms with Crippen LogP contribution in [0.15, 0.2) is 67.1 Å². The third kappa shape index (κ3) is 2.14. The molecule has 0 saturated heterocycles. The molecule has 0 spiro atoms. The molecule has 2 heterocycles. The molecule has 0 aliphatic rings. The van der Waals surface area contributed by atoms with E-state index in [0.29, 0.717) is 5.15 Å². The third-order valence-corrected chi connectivity index (χ3v) is 3.83. The summed E-state index contributed by atoms with van der Waals surface area (Å²) < 4.78 is 1.81. The van der Waals surface area contributed by atoms with Gasteiger partial charge in [0.25, 0.3) is 0 Å². The maximum Gasteiger partial charge on any atom is 0.163 e. The first-order valence-electron chi connectivity index (χ1n) is 6.83. The maximum atomic E-state index is 6.19. The van der Waals surface area contributed by atoms with Crippen LogP contribution in [0.4, 0.5) is 0 Å². The molecule has 4 aromatic rings. The normalized spacial score (nSPS) is 11.0. The summed E-state index contributed by atoms with van der Waals surface area (Å²) in [5, 5.41) is 6.77. The minimum Gasteiger partial charge on any atom is -0.244 e. The van der Waals surface area contributed by atoms with Gasteiger partial charge in [0.1, 0.15) is 11.5 Å². The molecule has 0 saturated carbocycles. The van der Waals surface area contributed by atoms with Crippen LogP contribution in [0.1, 0.15) is 0 Å². The van der Waals surface area contributed by atoms with Crippen LogP contribution in [0.25, 0.3) is 27.8 Å². The van der Waals surface area contributed by atoms with Crippen molar-refractivity contribution in [3.8, 4) is 17.1 Å². The van der Waals surface area contributed by atoms with Crippen molar-refractivity contribution in [2.75, 3.05) is 0 Å². The minimum atomic E-state index is 0.491. The summed E-state index contributed by atoms with van der Waals surface area (Å²) in [5.74, 6) is 0.771. The molecule has 0 atom stereocenters. The first kappa shape index (κ1) is 13.0. The van der Waals surface area contributed by atoms with Crippen LogP contribution in [0.3, 0.4) is 0 Å². The highest BCUT2D eigenvalue weighted by atomic mass is 35.5. The average Bonchev–Trinajstić information content (AvgIpc) is 3.05. The molecule has 4 rings (SSSR count). The molecule has 0 fully saturated rings. The fraction of sp³-hybridized carbons (Fsp3) is 0. The molecule has 2 aromatic heterocycles. The van der Waals surface area contributed by atoms with Crippen molar-refractivity contribution in [2.24, 2.45) is 0 Å². The highest BCUT2D eigenvalue weighted by molar-refractivity contribution is 6.34. The molecule has 0 aliphatic carbocycles. The van der Waals surface area contributed by atoms with Crippen molar-refractivity contribution >= 4 is 22.4 Å².